The molecule has 2 saturated heterocycles. The Morgan fingerprint density at radius 2 is 1.73 bits per heavy atom. The lowest BCUT2D eigenvalue weighted by Crippen LogP contribution is -2.53. The summed E-state index contributed by atoms with van der Waals surface area (Å²) in [6, 6.07) is 0.695. The van der Waals surface area contributed by atoms with E-state index in [1.54, 1.807) is 0 Å². The number of hydrogen-bond acceptors (Lipinski definition) is 3. The fourth-order valence-corrected chi connectivity index (χ4v) is 2.29. The fourth-order valence-electron chi connectivity index (χ4n) is 2.29. The van der Waals surface area contributed by atoms with Gasteiger partial charge in [-0.2, -0.15) is 0 Å². The number of ether oxygens (including phenoxy) is 2. The van der Waals surface area contributed by atoms with E-state index in [-0.39, 0.29) is 5.60 Å². The number of piperidine rings is 1. The Balaban J connectivity index is 1.72. The second-order valence-corrected chi connectivity index (χ2v) is 5.66. The first-order valence-corrected chi connectivity index (χ1v) is 6.04. The molecule has 2 fully saturated rings. The van der Waals surface area contributed by atoms with E-state index >= 15 is 0 Å². The second kappa shape index (κ2) is 4.40. The van der Waals surface area contributed by atoms with Crippen molar-refractivity contribution in [3.05, 3.63) is 0 Å². The lowest BCUT2D eigenvalue weighted by Gasteiger charge is -2.42. The van der Waals surface area contributed by atoms with Gasteiger partial charge in [0.2, 0.25) is 0 Å². The first kappa shape index (κ1) is 11.4. The summed E-state index contributed by atoms with van der Waals surface area (Å²) in [6.45, 7) is 10.6. The minimum Gasteiger partial charge on any atom is -0.378 e. The molecule has 0 radical (unpaired) electrons. The Bertz CT molecular complexity index is 200. The Labute approximate surface area is 92.7 Å². The molecule has 2 aliphatic heterocycles. The van der Waals surface area contributed by atoms with Crippen LogP contribution in [-0.2, 0) is 9.47 Å². The van der Waals surface area contributed by atoms with E-state index in [0.717, 1.165) is 13.2 Å². The number of hydrogen-bond donors (Lipinski definition) is 0. The maximum atomic E-state index is 6.00. The average molecular weight is 213 g/mol. The molecule has 0 unspecified atom stereocenters. The zero-order valence-corrected chi connectivity index (χ0v) is 10.2. The quantitative estimate of drug-likeness (QED) is 0.696. The Hall–Kier alpha value is -0.120. The van der Waals surface area contributed by atoms with Gasteiger partial charge in [0.15, 0.2) is 0 Å². The van der Waals surface area contributed by atoms with Crippen molar-refractivity contribution in [2.45, 2.75) is 51.4 Å². The summed E-state index contributed by atoms with van der Waals surface area (Å²) in [7, 11) is 0. The minimum absolute atomic E-state index is 0.00637. The Morgan fingerprint density at radius 1 is 1.13 bits per heavy atom. The van der Waals surface area contributed by atoms with Gasteiger partial charge in [-0.25, -0.2) is 0 Å². The predicted octanol–water partition coefficient (Wildman–Crippen LogP) is 1.66. The van der Waals surface area contributed by atoms with E-state index in [0.29, 0.717) is 12.1 Å². The molecule has 0 saturated carbocycles. The summed E-state index contributed by atoms with van der Waals surface area (Å²) in [6.07, 6.45) is 2.81. The maximum Gasteiger partial charge on any atom is 0.0645 e. The normalized spacial score (nSPS) is 26.6. The van der Waals surface area contributed by atoms with Crippen LogP contribution in [0.4, 0.5) is 0 Å². The lowest BCUT2D eigenvalue weighted by atomic mass is 10.0. The van der Waals surface area contributed by atoms with E-state index in [1.165, 1.54) is 25.9 Å². The molecular weight excluding hydrogens is 190 g/mol. The highest BCUT2D eigenvalue weighted by molar-refractivity contribution is 4.83. The van der Waals surface area contributed by atoms with Crippen molar-refractivity contribution in [1.29, 1.82) is 0 Å². The van der Waals surface area contributed by atoms with Crippen molar-refractivity contribution in [3.63, 3.8) is 0 Å². The van der Waals surface area contributed by atoms with Gasteiger partial charge in [0.1, 0.15) is 0 Å². The molecule has 88 valence electrons. The van der Waals surface area contributed by atoms with Crippen LogP contribution in [0.1, 0.15) is 33.6 Å². The molecule has 3 heteroatoms. The Kier molecular flexibility index (Phi) is 3.33. The van der Waals surface area contributed by atoms with Crippen LogP contribution < -0.4 is 0 Å². The third kappa shape index (κ3) is 3.16. The van der Waals surface area contributed by atoms with Crippen molar-refractivity contribution < 1.29 is 9.47 Å². The molecule has 0 aliphatic carbocycles. The summed E-state index contributed by atoms with van der Waals surface area (Å²) in [5.41, 5.74) is 0.00637. The van der Waals surface area contributed by atoms with Crippen LogP contribution >= 0.6 is 0 Å². The smallest absolute Gasteiger partial charge is 0.0645 e. The maximum absolute atomic E-state index is 6.00. The summed E-state index contributed by atoms with van der Waals surface area (Å²) in [5, 5.41) is 0. The number of nitrogens with zero attached hydrogens (tertiary/aromatic N) is 1. The van der Waals surface area contributed by atoms with Crippen LogP contribution in [0.15, 0.2) is 0 Å². The van der Waals surface area contributed by atoms with E-state index in [4.69, 9.17) is 9.47 Å². The largest absolute Gasteiger partial charge is 0.378 e. The molecule has 15 heavy (non-hydrogen) atoms. The van der Waals surface area contributed by atoms with Crippen LogP contribution in [0.25, 0.3) is 0 Å². The van der Waals surface area contributed by atoms with E-state index < -0.39 is 0 Å². The first-order valence-electron chi connectivity index (χ1n) is 6.04. The minimum atomic E-state index is 0.00637. The molecule has 2 rings (SSSR count). The topological polar surface area (TPSA) is 21.7 Å². The third-order valence-electron chi connectivity index (χ3n) is 3.13. The number of rotatable bonds is 2. The molecule has 0 aromatic heterocycles. The van der Waals surface area contributed by atoms with Gasteiger partial charge in [0.05, 0.1) is 31.0 Å². The van der Waals surface area contributed by atoms with Gasteiger partial charge in [0.25, 0.3) is 0 Å². The van der Waals surface area contributed by atoms with Crippen molar-refractivity contribution in [2.24, 2.45) is 0 Å². The monoisotopic (exact) mass is 213 g/mol. The van der Waals surface area contributed by atoms with E-state index in [2.05, 4.69) is 25.7 Å². The highest BCUT2D eigenvalue weighted by Gasteiger charge is 2.31. The molecule has 0 atom stereocenters. The summed E-state index contributed by atoms with van der Waals surface area (Å²) >= 11 is 0. The zero-order chi connectivity index (χ0) is 10.9. The second-order valence-electron chi connectivity index (χ2n) is 5.66. The molecule has 0 bridgehead atoms. The van der Waals surface area contributed by atoms with Crippen LogP contribution in [0.2, 0.25) is 0 Å². The SMILES string of the molecule is CC(C)(C)OC1CCN(C2COC2)CC1. The van der Waals surface area contributed by atoms with Crippen LogP contribution in [0.3, 0.4) is 0 Å². The van der Waals surface area contributed by atoms with Gasteiger partial charge in [-0.3, -0.25) is 4.90 Å². The first-order chi connectivity index (χ1) is 7.04. The third-order valence-corrected chi connectivity index (χ3v) is 3.13. The van der Waals surface area contributed by atoms with Gasteiger partial charge in [-0.05, 0) is 33.6 Å². The summed E-state index contributed by atoms with van der Waals surface area (Å²) in [5.74, 6) is 0. The van der Waals surface area contributed by atoms with Crippen LogP contribution in [0, 0.1) is 0 Å². The lowest BCUT2D eigenvalue weighted by molar-refractivity contribution is -0.112. The molecule has 0 amide bonds. The van der Waals surface area contributed by atoms with Crippen LogP contribution in [-0.4, -0.2) is 49.0 Å². The van der Waals surface area contributed by atoms with Gasteiger partial charge in [-0.1, -0.05) is 0 Å². The van der Waals surface area contributed by atoms with Crippen molar-refractivity contribution in [3.8, 4) is 0 Å². The Morgan fingerprint density at radius 3 is 2.13 bits per heavy atom. The molecule has 0 N–H and O–H groups in total. The predicted molar refractivity (Wildman–Crippen MR) is 60.0 cm³/mol. The molecule has 0 aromatic carbocycles. The van der Waals surface area contributed by atoms with Crippen molar-refractivity contribution >= 4 is 0 Å². The molecule has 0 spiro atoms. The molecular formula is C12H23NO2. The van der Waals surface area contributed by atoms with E-state index in [9.17, 15) is 0 Å². The number of likely N-dealkylation sites (tertiary alicyclic amines) is 1. The highest BCUT2D eigenvalue weighted by atomic mass is 16.5. The molecule has 2 heterocycles. The van der Waals surface area contributed by atoms with Crippen LogP contribution in [0.5, 0.6) is 0 Å². The zero-order valence-electron chi connectivity index (χ0n) is 10.2. The molecule has 0 aromatic rings. The summed E-state index contributed by atoms with van der Waals surface area (Å²) < 4.78 is 11.2. The molecule has 2 aliphatic rings. The van der Waals surface area contributed by atoms with Crippen molar-refractivity contribution in [1.82, 2.24) is 4.90 Å². The van der Waals surface area contributed by atoms with Crippen molar-refractivity contribution in [2.75, 3.05) is 26.3 Å². The standard InChI is InChI=1S/C12H23NO2/c1-12(2,3)15-11-4-6-13(7-5-11)10-8-14-9-10/h10-11H,4-9H2,1-3H3. The molecule has 3 nitrogen and oxygen atoms in total. The highest BCUT2D eigenvalue weighted by Crippen LogP contribution is 2.22. The average Bonchev–Trinajstić information content (AvgIpc) is 2.02. The van der Waals surface area contributed by atoms with Gasteiger partial charge in [-0.15, -0.1) is 0 Å². The summed E-state index contributed by atoms with van der Waals surface area (Å²) in [4.78, 5) is 2.55. The van der Waals surface area contributed by atoms with Gasteiger partial charge >= 0.3 is 0 Å². The van der Waals surface area contributed by atoms with Gasteiger partial charge < -0.3 is 9.47 Å². The fraction of sp³-hybridized carbons (Fsp3) is 1.00. The van der Waals surface area contributed by atoms with E-state index in [1.807, 2.05) is 0 Å². The van der Waals surface area contributed by atoms with Gasteiger partial charge in [0, 0.05) is 13.1 Å².